The van der Waals surface area contributed by atoms with Crippen molar-refractivity contribution >= 4 is 23.3 Å². The van der Waals surface area contributed by atoms with E-state index in [0.717, 1.165) is 43.1 Å². The maximum absolute atomic E-state index is 14.0. The SMILES string of the molecule is Cc1ccc(C(=O)Nc2ccc(CN3CCN(C)CC3)c(C(F)(F)F)c2)cc1C#Cc1cnc(NC(=O)C2CC2)c(C)c1. The molecule has 224 valence electrons. The van der Waals surface area contributed by atoms with Crippen molar-refractivity contribution in [2.24, 2.45) is 5.92 Å². The summed E-state index contributed by atoms with van der Waals surface area (Å²) < 4.78 is 42.0. The second-order valence-electron chi connectivity index (χ2n) is 11.3. The number of benzene rings is 2. The predicted molar refractivity (Wildman–Crippen MR) is 160 cm³/mol. The van der Waals surface area contributed by atoms with Crippen LogP contribution in [0, 0.1) is 31.6 Å². The third-order valence-corrected chi connectivity index (χ3v) is 7.77. The fraction of sp³-hybridized carbons (Fsp3) is 0.364. The number of halogens is 3. The van der Waals surface area contributed by atoms with Crippen LogP contribution in [0.25, 0.3) is 0 Å². The molecular formula is C33H34F3N5O2. The molecular weight excluding hydrogens is 555 g/mol. The second-order valence-corrected chi connectivity index (χ2v) is 11.3. The van der Waals surface area contributed by atoms with Gasteiger partial charge in [0.25, 0.3) is 5.91 Å². The number of amides is 2. The summed E-state index contributed by atoms with van der Waals surface area (Å²) in [7, 11) is 2.00. The Labute approximate surface area is 249 Å². The number of alkyl halides is 3. The van der Waals surface area contributed by atoms with Crippen molar-refractivity contribution in [3.8, 4) is 11.8 Å². The first-order valence-electron chi connectivity index (χ1n) is 14.3. The molecule has 2 N–H and O–H groups in total. The maximum Gasteiger partial charge on any atom is 0.416 e. The second kappa shape index (κ2) is 12.6. The molecule has 0 spiro atoms. The molecule has 7 nitrogen and oxygen atoms in total. The molecule has 3 aromatic rings. The van der Waals surface area contributed by atoms with Crippen molar-refractivity contribution in [2.75, 3.05) is 43.9 Å². The van der Waals surface area contributed by atoms with Crippen LogP contribution in [0.2, 0.25) is 0 Å². The van der Waals surface area contributed by atoms with E-state index in [1.807, 2.05) is 31.9 Å². The standard InChI is InChI=1S/C33H34F3N5O2/c1-21-4-6-26(17-25(21)7-5-23-16-22(2)30(37-19-23)39-31(42)24-8-9-24)32(43)38-28-11-10-27(29(18-28)33(34,35)36)20-41-14-12-40(3)13-15-41/h4,6,10-11,16-19,24H,8-9,12-15,20H2,1-3H3,(H,38,43)(H,37,39,42). The number of nitrogens with one attached hydrogen (secondary N) is 2. The molecule has 5 rings (SSSR count). The Morgan fingerprint density at radius 1 is 0.953 bits per heavy atom. The highest BCUT2D eigenvalue weighted by Gasteiger charge is 2.34. The van der Waals surface area contributed by atoms with Crippen LogP contribution in [-0.4, -0.2) is 59.8 Å². The Bertz CT molecular complexity index is 1600. The van der Waals surface area contributed by atoms with E-state index < -0.39 is 17.6 Å². The number of rotatable bonds is 6. The number of pyridine rings is 1. The van der Waals surface area contributed by atoms with Crippen LogP contribution >= 0.6 is 0 Å². The lowest BCUT2D eigenvalue weighted by Crippen LogP contribution is -2.44. The molecule has 1 aliphatic carbocycles. The van der Waals surface area contributed by atoms with Gasteiger partial charge in [-0.3, -0.25) is 14.5 Å². The van der Waals surface area contributed by atoms with Crippen molar-refractivity contribution in [1.82, 2.24) is 14.8 Å². The zero-order valence-corrected chi connectivity index (χ0v) is 24.4. The molecule has 1 aromatic heterocycles. The number of piperazine rings is 1. The molecule has 1 aliphatic heterocycles. The fourth-order valence-electron chi connectivity index (χ4n) is 4.88. The summed E-state index contributed by atoms with van der Waals surface area (Å²) in [5.41, 5.74) is 2.67. The van der Waals surface area contributed by atoms with Crippen molar-refractivity contribution < 1.29 is 22.8 Å². The molecule has 0 atom stereocenters. The molecule has 43 heavy (non-hydrogen) atoms. The first kappa shape index (κ1) is 30.3. The predicted octanol–water partition coefficient (Wildman–Crippen LogP) is 5.47. The first-order valence-corrected chi connectivity index (χ1v) is 14.3. The van der Waals surface area contributed by atoms with Gasteiger partial charge in [-0.25, -0.2) is 4.98 Å². The monoisotopic (exact) mass is 589 g/mol. The summed E-state index contributed by atoms with van der Waals surface area (Å²) in [5.74, 6) is 6.16. The molecule has 10 heteroatoms. The highest BCUT2D eigenvalue weighted by atomic mass is 19.4. The lowest BCUT2D eigenvalue weighted by Gasteiger charge is -2.33. The number of nitrogens with zero attached hydrogens (tertiary/aromatic N) is 3. The van der Waals surface area contributed by atoms with E-state index in [0.29, 0.717) is 30.0 Å². The molecule has 2 heterocycles. The molecule has 2 amide bonds. The van der Waals surface area contributed by atoms with E-state index in [1.54, 1.807) is 24.4 Å². The zero-order valence-electron chi connectivity index (χ0n) is 24.4. The summed E-state index contributed by atoms with van der Waals surface area (Å²) in [6.45, 7) is 6.92. The lowest BCUT2D eigenvalue weighted by molar-refractivity contribution is -0.138. The van der Waals surface area contributed by atoms with Crippen LogP contribution in [0.15, 0.2) is 48.7 Å². The van der Waals surface area contributed by atoms with Gasteiger partial charge in [-0.2, -0.15) is 13.2 Å². The number of carbonyl (C=O) groups is 2. The van der Waals surface area contributed by atoms with Crippen molar-refractivity contribution in [3.05, 3.63) is 87.6 Å². The minimum absolute atomic E-state index is 0.0172. The summed E-state index contributed by atoms with van der Waals surface area (Å²) >= 11 is 0. The smallest absolute Gasteiger partial charge is 0.322 e. The molecule has 0 unspecified atom stereocenters. The van der Waals surface area contributed by atoms with Gasteiger partial charge in [-0.15, -0.1) is 0 Å². The van der Waals surface area contributed by atoms with Crippen molar-refractivity contribution in [2.45, 2.75) is 39.4 Å². The Morgan fingerprint density at radius 2 is 1.70 bits per heavy atom. The molecule has 0 radical (unpaired) electrons. The number of aryl methyl sites for hydroxylation is 2. The van der Waals surface area contributed by atoms with Crippen LogP contribution in [0.4, 0.5) is 24.7 Å². The van der Waals surface area contributed by atoms with E-state index in [2.05, 4.69) is 32.4 Å². The number of aromatic nitrogens is 1. The van der Waals surface area contributed by atoms with Crippen molar-refractivity contribution in [1.29, 1.82) is 0 Å². The summed E-state index contributed by atoms with van der Waals surface area (Å²) in [6, 6.07) is 10.8. The minimum atomic E-state index is -4.55. The molecule has 2 fully saturated rings. The van der Waals surface area contributed by atoms with Gasteiger partial charge in [0, 0.05) is 67.2 Å². The summed E-state index contributed by atoms with van der Waals surface area (Å²) in [4.78, 5) is 33.6. The Kier molecular flexibility index (Phi) is 8.85. The first-order chi connectivity index (χ1) is 20.5. The maximum atomic E-state index is 14.0. The quantitative estimate of drug-likeness (QED) is 0.373. The van der Waals surface area contributed by atoms with Gasteiger partial charge in [0.05, 0.1) is 5.56 Å². The highest BCUT2D eigenvalue weighted by molar-refractivity contribution is 6.04. The van der Waals surface area contributed by atoms with Gasteiger partial charge < -0.3 is 15.5 Å². The van der Waals surface area contributed by atoms with E-state index in [4.69, 9.17) is 0 Å². The Morgan fingerprint density at radius 3 is 2.37 bits per heavy atom. The van der Waals surface area contributed by atoms with Crippen LogP contribution < -0.4 is 10.6 Å². The number of hydrogen-bond donors (Lipinski definition) is 2. The lowest BCUT2D eigenvalue weighted by atomic mass is 10.0. The van der Waals surface area contributed by atoms with E-state index >= 15 is 0 Å². The topological polar surface area (TPSA) is 77.6 Å². The number of likely N-dealkylation sites (N-methyl/N-ethyl adjacent to an activating group) is 1. The third kappa shape index (κ3) is 7.80. The normalized spacial score (nSPS) is 15.9. The van der Waals surface area contributed by atoms with Crippen LogP contribution in [-0.2, 0) is 17.5 Å². The number of anilines is 2. The average molecular weight is 590 g/mol. The average Bonchev–Trinajstić information content (AvgIpc) is 3.81. The molecule has 1 saturated heterocycles. The summed E-state index contributed by atoms with van der Waals surface area (Å²) in [6.07, 6.45) is -1.16. The minimum Gasteiger partial charge on any atom is -0.322 e. The molecule has 2 aromatic carbocycles. The van der Waals surface area contributed by atoms with Crippen LogP contribution in [0.3, 0.4) is 0 Å². The molecule has 1 saturated carbocycles. The van der Waals surface area contributed by atoms with Gasteiger partial charge in [0.15, 0.2) is 0 Å². The van der Waals surface area contributed by atoms with E-state index in [9.17, 15) is 22.8 Å². The van der Waals surface area contributed by atoms with Crippen LogP contribution in [0.1, 0.15) is 56.6 Å². The van der Waals surface area contributed by atoms with E-state index in [-0.39, 0.29) is 35.2 Å². The highest BCUT2D eigenvalue weighted by Crippen LogP contribution is 2.35. The van der Waals surface area contributed by atoms with Gasteiger partial charge in [0.2, 0.25) is 5.91 Å². The van der Waals surface area contributed by atoms with Gasteiger partial charge in [0.1, 0.15) is 5.82 Å². The van der Waals surface area contributed by atoms with Gasteiger partial charge in [-0.1, -0.05) is 24.0 Å². The van der Waals surface area contributed by atoms with Gasteiger partial charge >= 0.3 is 6.18 Å². The fourth-order valence-corrected chi connectivity index (χ4v) is 4.88. The largest absolute Gasteiger partial charge is 0.416 e. The Hall–Kier alpha value is -4.20. The van der Waals surface area contributed by atoms with Crippen LogP contribution in [0.5, 0.6) is 0 Å². The van der Waals surface area contributed by atoms with Crippen molar-refractivity contribution in [3.63, 3.8) is 0 Å². The Balaban J connectivity index is 1.29. The van der Waals surface area contributed by atoms with E-state index in [1.165, 1.54) is 12.1 Å². The number of hydrogen-bond acceptors (Lipinski definition) is 5. The third-order valence-electron chi connectivity index (χ3n) is 7.77. The zero-order chi connectivity index (χ0) is 30.7. The molecule has 0 bridgehead atoms. The number of carbonyl (C=O) groups excluding carboxylic acids is 2. The summed E-state index contributed by atoms with van der Waals surface area (Å²) in [5, 5.41) is 5.47. The molecule has 2 aliphatic rings. The van der Waals surface area contributed by atoms with Gasteiger partial charge in [-0.05, 0) is 80.8 Å².